The van der Waals surface area contributed by atoms with Crippen LogP contribution >= 0.6 is 0 Å². The van der Waals surface area contributed by atoms with Gasteiger partial charge >= 0.3 is 11.9 Å². The molecule has 5 N–H and O–H groups in total. The van der Waals surface area contributed by atoms with Crippen LogP contribution in [0.2, 0.25) is 0 Å². The molecule has 7 nitrogen and oxygen atoms in total. The minimum atomic E-state index is -0.815. The summed E-state index contributed by atoms with van der Waals surface area (Å²) >= 11 is 0. The third kappa shape index (κ3) is 41.0. The van der Waals surface area contributed by atoms with E-state index in [9.17, 15) is 14.4 Å². The molecule has 0 aliphatic rings. The van der Waals surface area contributed by atoms with Crippen molar-refractivity contribution in [1.82, 2.24) is 0 Å². The number of nitrogens with two attached hydrogens (primary N) is 1. The fourth-order valence-electron chi connectivity index (χ4n) is 2.50. The Kier molecular flexibility index (Phi) is 32.9. The monoisotopic (exact) mass is 432 g/mol. The molecule has 0 aromatic rings. The summed E-state index contributed by atoms with van der Waals surface area (Å²) < 4.78 is 0. The van der Waals surface area contributed by atoms with E-state index >= 15 is 0 Å². The zero-order valence-corrected chi connectivity index (χ0v) is 19.2. The molecule has 0 saturated carbocycles. The lowest BCUT2D eigenvalue weighted by molar-refractivity contribution is -0.138. The summed E-state index contributed by atoms with van der Waals surface area (Å²) in [5.41, 5.74) is 4.80. The fourth-order valence-corrected chi connectivity index (χ4v) is 2.50. The van der Waals surface area contributed by atoms with Crippen LogP contribution < -0.4 is 5.73 Å². The van der Waals surface area contributed by atoms with Crippen molar-refractivity contribution in [2.45, 2.75) is 123 Å². The minimum Gasteiger partial charge on any atom is -0.481 e. The molecule has 0 aliphatic carbocycles. The molecule has 0 aromatic heterocycles. The fraction of sp³-hybridized carbons (Fsp3) is 0.870. The number of carbonyl (C=O) groups is 2. The first-order valence-corrected chi connectivity index (χ1v) is 11.5. The summed E-state index contributed by atoms with van der Waals surface area (Å²) in [5, 5.41) is 24.7. The van der Waals surface area contributed by atoms with Crippen LogP contribution in [0.25, 0.3) is 0 Å². The Morgan fingerprint density at radius 3 is 1.20 bits per heavy atom. The van der Waals surface area contributed by atoms with Gasteiger partial charge in [0, 0.05) is 12.8 Å². The number of aliphatic hydroxyl groups excluding tert-OH is 1. The first-order chi connectivity index (χ1) is 14.3. The lowest BCUT2D eigenvalue weighted by Gasteiger charge is -1.98. The van der Waals surface area contributed by atoms with Gasteiger partial charge in [-0.3, -0.25) is 14.4 Å². The molecule has 0 aliphatic heterocycles. The van der Waals surface area contributed by atoms with Crippen LogP contribution in [0.4, 0.5) is 0 Å². The standard InChI is InChI=1S/2C10H20O2.C3H6NO2/c2*1-2-3-4-5-6-7-8-9-10(11)12;4-3(1-5)2-6/h2*2-9H2,1H3,(H,11,12);3,5H,1,4H2. The van der Waals surface area contributed by atoms with E-state index in [-0.39, 0.29) is 6.61 Å². The van der Waals surface area contributed by atoms with Crippen LogP contribution in [0.1, 0.15) is 117 Å². The molecular weight excluding hydrogens is 386 g/mol. The van der Waals surface area contributed by atoms with Crippen molar-refractivity contribution in [3.8, 4) is 0 Å². The zero-order chi connectivity index (χ0) is 23.5. The average Bonchev–Trinajstić information content (AvgIpc) is 2.72. The summed E-state index contributed by atoms with van der Waals surface area (Å²) in [7, 11) is 0. The highest BCUT2D eigenvalue weighted by Gasteiger charge is 1.96. The van der Waals surface area contributed by atoms with Crippen molar-refractivity contribution in [1.29, 1.82) is 0 Å². The zero-order valence-electron chi connectivity index (χ0n) is 19.2. The minimum absolute atomic E-state index is 0.316. The largest absolute Gasteiger partial charge is 0.481 e. The van der Waals surface area contributed by atoms with E-state index in [4.69, 9.17) is 21.1 Å². The highest BCUT2D eigenvalue weighted by atomic mass is 16.4. The van der Waals surface area contributed by atoms with Crippen molar-refractivity contribution >= 4 is 18.2 Å². The Labute approximate surface area is 183 Å². The molecule has 0 fully saturated rings. The summed E-state index contributed by atoms with van der Waals surface area (Å²) in [4.78, 5) is 29.6. The molecule has 0 aromatic carbocycles. The van der Waals surface area contributed by atoms with Crippen LogP contribution in [-0.4, -0.2) is 46.2 Å². The normalized spacial score (nSPS) is 10.8. The van der Waals surface area contributed by atoms with E-state index in [0.29, 0.717) is 12.8 Å². The van der Waals surface area contributed by atoms with E-state index in [2.05, 4.69) is 13.8 Å². The van der Waals surface area contributed by atoms with Gasteiger partial charge in [-0.05, 0) is 12.8 Å². The number of carboxylic acid groups (broad SMARTS) is 2. The van der Waals surface area contributed by atoms with Gasteiger partial charge < -0.3 is 21.1 Å². The SMILES string of the molecule is CCCCCCCCCC(=O)O.CCCCCCCCCC(=O)O.NC([C]=O)CO. The second-order valence-electron chi connectivity index (χ2n) is 7.44. The van der Waals surface area contributed by atoms with E-state index in [1.807, 2.05) is 0 Å². The molecule has 1 unspecified atom stereocenters. The van der Waals surface area contributed by atoms with Gasteiger partial charge in [0.2, 0.25) is 6.29 Å². The van der Waals surface area contributed by atoms with Crippen molar-refractivity contribution in [3.63, 3.8) is 0 Å². The quantitative estimate of drug-likeness (QED) is 0.227. The molecule has 0 saturated heterocycles. The Balaban J connectivity index is -0.000000386. The lowest BCUT2D eigenvalue weighted by Crippen LogP contribution is -2.25. The number of hydrogen-bond donors (Lipinski definition) is 4. The number of unbranched alkanes of at least 4 members (excludes halogenated alkanes) is 12. The molecule has 179 valence electrons. The van der Waals surface area contributed by atoms with Gasteiger partial charge in [0.1, 0.15) is 0 Å². The number of hydrogen-bond acceptors (Lipinski definition) is 5. The van der Waals surface area contributed by atoms with Gasteiger partial charge in [0.25, 0.3) is 0 Å². The van der Waals surface area contributed by atoms with E-state index in [1.54, 1.807) is 0 Å². The van der Waals surface area contributed by atoms with Gasteiger partial charge in [-0.25, -0.2) is 0 Å². The number of aliphatic carboxylic acids is 2. The molecular formula is C23H46NO6. The Hall–Kier alpha value is -1.47. The van der Waals surface area contributed by atoms with Crippen LogP contribution in [0.3, 0.4) is 0 Å². The molecule has 0 rings (SSSR count). The Bertz CT molecular complexity index is 349. The van der Waals surface area contributed by atoms with E-state index in [1.165, 1.54) is 70.5 Å². The van der Waals surface area contributed by atoms with Crippen LogP contribution in [0.5, 0.6) is 0 Å². The van der Waals surface area contributed by atoms with Crippen molar-refractivity contribution in [2.75, 3.05) is 6.61 Å². The number of aliphatic hydroxyl groups is 1. The average molecular weight is 433 g/mol. The molecule has 0 heterocycles. The maximum Gasteiger partial charge on any atom is 0.303 e. The highest BCUT2D eigenvalue weighted by molar-refractivity contribution is 5.66. The smallest absolute Gasteiger partial charge is 0.303 e. The number of carboxylic acids is 2. The molecule has 0 bridgehead atoms. The van der Waals surface area contributed by atoms with Crippen LogP contribution in [0.15, 0.2) is 0 Å². The lowest BCUT2D eigenvalue weighted by atomic mass is 10.1. The predicted octanol–water partition coefficient (Wildman–Crippen LogP) is 4.84. The van der Waals surface area contributed by atoms with Crippen LogP contribution in [0, 0.1) is 0 Å². The molecule has 1 atom stereocenters. The first kappa shape index (κ1) is 33.2. The molecule has 30 heavy (non-hydrogen) atoms. The van der Waals surface area contributed by atoms with Gasteiger partial charge in [-0.2, -0.15) is 0 Å². The third-order valence-electron chi connectivity index (χ3n) is 4.34. The summed E-state index contributed by atoms with van der Waals surface area (Å²) in [6, 6.07) is -0.815. The maximum absolute atomic E-state index is 10.1. The molecule has 0 spiro atoms. The van der Waals surface area contributed by atoms with E-state index < -0.39 is 18.0 Å². The summed E-state index contributed by atoms with van der Waals surface area (Å²) in [6.07, 6.45) is 18.7. The van der Waals surface area contributed by atoms with Crippen LogP contribution in [-0.2, 0) is 14.4 Å². The van der Waals surface area contributed by atoms with Gasteiger partial charge in [-0.1, -0.05) is 90.9 Å². The predicted molar refractivity (Wildman–Crippen MR) is 121 cm³/mol. The topological polar surface area (TPSA) is 138 Å². The number of carbonyl (C=O) groups excluding carboxylic acids is 1. The van der Waals surface area contributed by atoms with Crippen molar-refractivity contribution < 1.29 is 29.7 Å². The first-order valence-electron chi connectivity index (χ1n) is 11.5. The molecule has 7 heteroatoms. The maximum atomic E-state index is 10.1. The molecule has 0 amide bonds. The van der Waals surface area contributed by atoms with Crippen molar-refractivity contribution in [3.05, 3.63) is 0 Å². The molecule has 1 radical (unpaired) electrons. The van der Waals surface area contributed by atoms with Gasteiger partial charge in [0.05, 0.1) is 12.6 Å². The third-order valence-corrected chi connectivity index (χ3v) is 4.34. The second-order valence-corrected chi connectivity index (χ2v) is 7.44. The number of rotatable bonds is 18. The Morgan fingerprint density at radius 1 is 0.700 bits per heavy atom. The summed E-state index contributed by atoms with van der Waals surface area (Å²) in [6.45, 7) is 4.08. The van der Waals surface area contributed by atoms with E-state index in [0.717, 1.165) is 25.7 Å². The summed E-state index contributed by atoms with van der Waals surface area (Å²) in [5.74, 6) is -1.33. The highest BCUT2D eigenvalue weighted by Crippen LogP contribution is 2.08. The second kappa shape index (κ2) is 29.7. The van der Waals surface area contributed by atoms with Gasteiger partial charge in [0.15, 0.2) is 0 Å². The van der Waals surface area contributed by atoms with Gasteiger partial charge in [-0.15, -0.1) is 0 Å². The van der Waals surface area contributed by atoms with Crippen molar-refractivity contribution in [2.24, 2.45) is 5.73 Å². The Morgan fingerprint density at radius 2 is 1.00 bits per heavy atom.